The number of fused-ring (bicyclic) bond motifs is 2. The molecule has 1 aromatic heterocycles. The highest BCUT2D eigenvalue weighted by Gasteiger charge is 2.28. The molecule has 2 amide bonds. The standard InChI is InChI=1S/C25H26N4O6/c1-32-19-5-3-15(9-21(19)33-2)11-23(30)29-8-7-18-17(13-29)24(28-27-18)25(31)26-12-16-4-6-20-22(10-16)35-14-34-20/h3-6,9-10H,7-8,11-14H2,1-2H3,(H,26,31)(H,27,28). The van der Waals surface area contributed by atoms with Crippen LogP contribution in [0.5, 0.6) is 23.0 Å². The van der Waals surface area contributed by atoms with Crippen molar-refractivity contribution in [3.05, 3.63) is 64.5 Å². The number of ether oxygens (including phenoxy) is 4. The first-order valence-corrected chi connectivity index (χ1v) is 11.3. The minimum atomic E-state index is -0.297. The van der Waals surface area contributed by atoms with Gasteiger partial charge in [0.15, 0.2) is 28.7 Å². The van der Waals surface area contributed by atoms with Gasteiger partial charge >= 0.3 is 0 Å². The Kier molecular flexibility index (Phi) is 6.17. The molecule has 0 aliphatic carbocycles. The van der Waals surface area contributed by atoms with Crippen molar-refractivity contribution in [1.29, 1.82) is 0 Å². The molecule has 10 heteroatoms. The summed E-state index contributed by atoms with van der Waals surface area (Å²) >= 11 is 0. The zero-order valence-corrected chi connectivity index (χ0v) is 19.6. The summed E-state index contributed by atoms with van der Waals surface area (Å²) in [5, 5.41) is 10.1. The third-order valence-corrected chi connectivity index (χ3v) is 6.19. The summed E-state index contributed by atoms with van der Waals surface area (Å²) in [6.45, 7) is 1.40. The Bertz CT molecular complexity index is 1270. The van der Waals surface area contributed by atoms with Crippen molar-refractivity contribution >= 4 is 11.8 Å². The third-order valence-electron chi connectivity index (χ3n) is 6.19. The van der Waals surface area contributed by atoms with Crippen LogP contribution in [0.25, 0.3) is 0 Å². The second kappa shape index (κ2) is 9.57. The van der Waals surface area contributed by atoms with Crippen LogP contribution in [0.15, 0.2) is 36.4 Å². The molecule has 35 heavy (non-hydrogen) atoms. The lowest BCUT2D eigenvalue weighted by atomic mass is 10.0. The monoisotopic (exact) mass is 478 g/mol. The van der Waals surface area contributed by atoms with Gasteiger partial charge < -0.3 is 29.2 Å². The molecule has 0 saturated heterocycles. The smallest absolute Gasteiger partial charge is 0.272 e. The molecule has 2 aliphatic heterocycles. The highest BCUT2D eigenvalue weighted by Crippen LogP contribution is 2.32. The molecule has 0 bridgehead atoms. The van der Waals surface area contributed by atoms with Gasteiger partial charge in [0.05, 0.1) is 20.6 Å². The minimum Gasteiger partial charge on any atom is -0.493 e. The van der Waals surface area contributed by atoms with Crippen molar-refractivity contribution in [3.63, 3.8) is 0 Å². The number of hydrogen-bond acceptors (Lipinski definition) is 7. The summed E-state index contributed by atoms with van der Waals surface area (Å²) < 4.78 is 21.3. The number of hydrogen-bond donors (Lipinski definition) is 2. The topological polar surface area (TPSA) is 115 Å². The van der Waals surface area contributed by atoms with Gasteiger partial charge in [0.1, 0.15) is 0 Å². The Morgan fingerprint density at radius 1 is 1.06 bits per heavy atom. The second-order valence-electron chi connectivity index (χ2n) is 8.33. The van der Waals surface area contributed by atoms with E-state index in [2.05, 4.69) is 15.5 Å². The summed E-state index contributed by atoms with van der Waals surface area (Å²) in [5.41, 5.74) is 3.66. The molecule has 10 nitrogen and oxygen atoms in total. The number of nitrogens with zero attached hydrogens (tertiary/aromatic N) is 2. The summed E-state index contributed by atoms with van der Waals surface area (Å²) in [4.78, 5) is 27.7. The summed E-state index contributed by atoms with van der Waals surface area (Å²) in [6.07, 6.45) is 0.828. The first kappa shape index (κ1) is 22.6. The van der Waals surface area contributed by atoms with Gasteiger partial charge in [0, 0.05) is 37.3 Å². The van der Waals surface area contributed by atoms with E-state index in [9.17, 15) is 9.59 Å². The van der Waals surface area contributed by atoms with Crippen LogP contribution in [0.2, 0.25) is 0 Å². The van der Waals surface area contributed by atoms with Crippen LogP contribution in [-0.4, -0.2) is 54.5 Å². The Hall–Kier alpha value is -4.21. The van der Waals surface area contributed by atoms with E-state index in [1.54, 1.807) is 31.3 Å². The van der Waals surface area contributed by atoms with Crippen LogP contribution in [-0.2, 0) is 30.7 Å². The van der Waals surface area contributed by atoms with Gasteiger partial charge in [-0.05, 0) is 35.4 Å². The van der Waals surface area contributed by atoms with Crippen molar-refractivity contribution < 1.29 is 28.5 Å². The first-order chi connectivity index (χ1) is 17.1. The molecule has 2 N–H and O–H groups in total. The molecule has 2 aliphatic rings. The van der Waals surface area contributed by atoms with Gasteiger partial charge in [-0.15, -0.1) is 0 Å². The van der Waals surface area contributed by atoms with Crippen LogP contribution in [0.1, 0.15) is 32.9 Å². The molecule has 0 saturated carbocycles. The number of nitrogens with one attached hydrogen (secondary N) is 2. The largest absolute Gasteiger partial charge is 0.493 e. The summed E-state index contributed by atoms with van der Waals surface area (Å²) in [7, 11) is 3.13. The number of H-pyrrole nitrogens is 1. The van der Waals surface area contributed by atoms with Crippen molar-refractivity contribution in [2.24, 2.45) is 0 Å². The van der Waals surface area contributed by atoms with Crippen LogP contribution >= 0.6 is 0 Å². The van der Waals surface area contributed by atoms with E-state index in [0.29, 0.717) is 54.7 Å². The SMILES string of the molecule is COc1ccc(CC(=O)N2CCc3[nH]nc(C(=O)NCc4ccc5c(c4)OCO5)c3C2)cc1OC. The average Bonchev–Trinajstić information content (AvgIpc) is 3.53. The number of carbonyl (C=O) groups is 2. The van der Waals surface area contributed by atoms with E-state index in [0.717, 1.165) is 22.4 Å². The van der Waals surface area contributed by atoms with Gasteiger partial charge in [-0.1, -0.05) is 12.1 Å². The summed E-state index contributed by atoms with van der Waals surface area (Å²) in [6, 6.07) is 11.0. The Balaban J connectivity index is 1.23. The first-order valence-electron chi connectivity index (χ1n) is 11.3. The fourth-order valence-corrected chi connectivity index (χ4v) is 4.29. The van der Waals surface area contributed by atoms with E-state index < -0.39 is 0 Å². The van der Waals surface area contributed by atoms with E-state index in [-0.39, 0.29) is 25.0 Å². The number of rotatable bonds is 7. The molecule has 2 aromatic carbocycles. The predicted octanol–water partition coefficient (Wildman–Crippen LogP) is 2.21. The number of aromatic amines is 1. The predicted molar refractivity (Wildman–Crippen MR) is 125 cm³/mol. The molecule has 0 radical (unpaired) electrons. The Morgan fingerprint density at radius 2 is 1.86 bits per heavy atom. The van der Waals surface area contributed by atoms with Crippen LogP contribution in [0.4, 0.5) is 0 Å². The number of amides is 2. The Labute approximate surface area is 202 Å². The maximum absolute atomic E-state index is 13.0. The summed E-state index contributed by atoms with van der Waals surface area (Å²) in [5.74, 6) is 2.22. The molecule has 182 valence electrons. The van der Waals surface area contributed by atoms with Crippen LogP contribution < -0.4 is 24.3 Å². The second-order valence-corrected chi connectivity index (χ2v) is 8.33. The Morgan fingerprint density at radius 3 is 2.69 bits per heavy atom. The highest BCUT2D eigenvalue weighted by molar-refractivity contribution is 5.94. The van der Waals surface area contributed by atoms with E-state index in [1.165, 1.54) is 0 Å². The number of benzene rings is 2. The molecular weight excluding hydrogens is 452 g/mol. The van der Waals surface area contributed by atoms with Gasteiger partial charge in [0.25, 0.3) is 5.91 Å². The zero-order valence-electron chi connectivity index (χ0n) is 19.6. The molecule has 3 heterocycles. The number of aromatic nitrogens is 2. The molecule has 0 spiro atoms. The van der Waals surface area contributed by atoms with E-state index in [4.69, 9.17) is 18.9 Å². The van der Waals surface area contributed by atoms with Crippen LogP contribution in [0.3, 0.4) is 0 Å². The maximum Gasteiger partial charge on any atom is 0.272 e. The van der Waals surface area contributed by atoms with Crippen molar-refractivity contribution in [1.82, 2.24) is 20.4 Å². The third kappa shape index (κ3) is 4.59. The van der Waals surface area contributed by atoms with Crippen molar-refractivity contribution in [2.75, 3.05) is 27.6 Å². The van der Waals surface area contributed by atoms with E-state index in [1.807, 2.05) is 24.3 Å². The van der Waals surface area contributed by atoms with Crippen molar-refractivity contribution in [3.8, 4) is 23.0 Å². The average molecular weight is 479 g/mol. The number of methoxy groups -OCH3 is 2. The fraction of sp³-hybridized carbons (Fsp3) is 0.320. The van der Waals surface area contributed by atoms with Gasteiger partial charge in [-0.25, -0.2) is 0 Å². The molecule has 0 unspecified atom stereocenters. The lowest BCUT2D eigenvalue weighted by Gasteiger charge is -2.27. The zero-order chi connectivity index (χ0) is 24.4. The van der Waals surface area contributed by atoms with Crippen molar-refractivity contribution in [2.45, 2.75) is 25.9 Å². The maximum atomic E-state index is 13.0. The lowest BCUT2D eigenvalue weighted by molar-refractivity contribution is -0.131. The van der Waals surface area contributed by atoms with E-state index >= 15 is 0 Å². The van der Waals surface area contributed by atoms with Crippen LogP contribution in [0, 0.1) is 0 Å². The lowest BCUT2D eigenvalue weighted by Crippen LogP contribution is -2.37. The fourth-order valence-electron chi connectivity index (χ4n) is 4.29. The highest BCUT2D eigenvalue weighted by atomic mass is 16.7. The molecular formula is C25H26N4O6. The normalized spacial score (nSPS) is 13.8. The quantitative estimate of drug-likeness (QED) is 0.535. The molecule has 3 aromatic rings. The molecule has 0 fully saturated rings. The van der Waals surface area contributed by atoms with Gasteiger partial charge in [-0.2, -0.15) is 5.10 Å². The number of carbonyl (C=O) groups excluding carboxylic acids is 2. The van der Waals surface area contributed by atoms with Gasteiger partial charge in [-0.3, -0.25) is 14.7 Å². The molecule has 0 atom stereocenters. The van der Waals surface area contributed by atoms with Gasteiger partial charge in [0.2, 0.25) is 12.7 Å². The minimum absolute atomic E-state index is 0.0317. The molecule has 5 rings (SSSR count).